The highest BCUT2D eigenvalue weighted by Gasteiger charge is 2.44. The smallest absolute Gasteiger partial charge is 0.475 e. The molecule has 1 unspecified atom stereocenters. The number of aliphatic carboxylic acids is 1. The number of carboxylic acid groups (broad SMARTS) is 1. The predicted octanol–water partition coefficient (Wildman–Crippen LogP) is 5.02. The van der Waals surface area contributed by atoms with Gasteiger partial charge in [-0.1, -0.05) is 36.4 Å². The molecule has 3 aromatic rings. The van der Waals surface area contributed by atoms with E-state index < -0.39 is 44.5 Å². The molecule has 1 aliphatic heterocycles. The summed E-state index contributed by atoms with van der Waals surface area (Å²) in [4.78, 5) is 21.1. The zero-order chi connectivity index (χ0) is 31.5. The third kappa shape index (κ3) is 7.66. The number of likely N-dealkylation sites (tertiary alicyclic amines) is 1. The largest absolute Gasteiger partial charge is 0.490 e. The standard InChI is InChI=1S/C27H30F2N4O2S.C2HF3O2/c1-18-23(13-30-27(25(18)29)36(34,35)17-22-9-6-10-24(28)31-22)32(2)26-20-11-12-21(26)16-33(15-20)14-19-7-4-3-5-8-19;3-2(4,5)1(6)7/h3-10,13,20-21,26H,11-12,14-17H2,1-2H3;(H,6,7)/t20-,21+,26?;. The van der Waals surface area contributed by atoms with E-state index in [2.05, 4.69) is 44.0 Å². The van der Waals surface area contributed by atoms with Crippen LogP contribution in [0.4, 0.5) is 27.6 Å². The minimum atomic E-state index is -5.08. The van der Waals surface area contributed by atoms with Gasteiger partial charge in [-0.2, -0.15) is 17.6 Å². The van der Waals surface area contributed by atoms with Crippen LogP contribution < -0.4 is 4.90 Å². The first kappa shape index (κ1) is 32.3. The van der Waals surface area contributed by atoms with Gasteiger partial charge >= 0.3 is 12.1 Å². The molecule has 0 spiro atoms. The topological polar surface area (TPSA) is 104 Å². The molecule has 3 heterocycles. The Morgan fingerprint density at radius 3 is 2.21 bits per heavy atom. The van der Waals surface area contributed by atoms with E-state index in [9.17, 15) is 26.0 Å². The summed E-state index contributed by atoms with van der Waals surface area (Å²) in [5.41, 5.74) is 2.17. The predicted molar refractivity (Wildman–Crippen MR) is 148 cm³/mol. The lowest BCUT2D eigenvalue weighted by Gasteiger charge is -2.43. The lowest BCUT2D eigenvalue weighted by atomic mass is 9.90. The molecule has 2 bridgehead atoms. The molecule has 8 nitrogen and oxygen atoms in total. The summed E-state index contributed by atoms with van der Waals surface area (Å²) in [7, 11) is -2.18. The highest BCUT2D eigenvalue weighted by atomic mass is 32.2. The van der Waals surface area contributed by atoms with Gasteiger partial charge in [0.15, 0.2) is 10.8 Å². The number of anilines is 1. The summed E-state index contributed by atoms with van der Waals surface area (Å²) in [6.07, 6.45) is -1.39. The van der Waals surface area contributed by atoms with Crippen LogP contribution in [0.3, 0.4) is 0 Å². The fraction of sp³-hybridized carbons (Fsp3) is 0.414. The molecule has 2 aromatic heterocycles. The Balaban J connectivity index is 0.000000541. The SMILES string of the molecule is Cc1c(N(C)C2[C@@H]3CC[C@H]2CN(Cc2ccccc2)C3)cnc(S(=O)(=O)Cc2cccc(F)n2)c1F.O=C(O)C(F)(F)F. The number of pyridine rings is 2. The van der Waals surface area contributed by atoms with E-state index >= 15 is 4.39 Å². The molecule has 5 rings (SSSR count). The maximum absolute atomic E-state index is 15.4. The summed E-state index contributed by atoms with van der Waals surface area (Å²) in [5.74, 6) is -4.12. The van der Waals surface area contributed by atoms with Gasteiger partial charge in [-0.3, -0.25) is 4.90 Å². The number of rotatable bonds is 7. The van der Waals surface area contributed by atoms with Crippen molar-refractivity contribution in [3.05, 3.63) is 83.3 Å². The first-order valence-electron chi connectivity index (χ1n) is 13.5. The van der Waals surface area contributed by atoms with Crippen molar-refractivity contribution in [2.45, 2.75) is 49.3 Å². The fourth-order valence-electron chi connectivity index (χ4n) is 5.97. The van der Waals surface area contributed by atoms with Crippen LogP contribution in [0.5, 0.6) is 0 Å². The number of sulfone groups is 1. The zero-order valence-electron chi connectivity index (χ0n) is 23.4. The highest BCUT2D eigenvalue weighted by molar-refractivity contribution is 7.90. The van der Waals surface area contributed by atoms with E-state index in [1.54, 1.807) is 6.92 Å². The molecule has 14 heteroatoms. The summed E-state index contributed by atoms with van der Waals surface area (Å²) in [6.45, 7) is 4.46. The van der Waals surface area contributed by atoms with Crippen LogP contribution >= 0.6 is 0 Å². The number of carboxylic acids is 1. The van der Waals surface area contributed by atoms with Crippen LogP contribution in [0, 0.1) is 30.5 Å². The summed E-state index contributed by atoms with van der Waals surface area (Å²) >= 11 is 0. The number of aromatic nitrogens is 2. The van der Waals surface area contributed by atoms with Gasteiger partial charge in [0.2, 0.25) is 15.8 Å². The van der Waals surface area contributed by atoms with Gasteiger partial charge in [-0.15, -0.1) is 0 Å². The van der Waals surface area contributed by atoms with Crippen molar-refractivity contribution in [2.24, 2.45) is 11.8 Å². The second-order valence-electron chi connectivity index (χ2n) is 10.8. The van der Waals surface area contributed by atoms with E-state index in [1.165, 1.54) is 23.9 Å². The molecule has 0 amide bonds. The fourth-order valence-corrected chi connectivity index (χ4v) is 7.29. The van der Waals surface area contributed by atoms with Gasteiger partial charge < -0.3 is 10.0 Å². The molecule has 3 atom stereocenters. The van der Waals surface area contributed by atoms with Crippen molar-refractivity contribution < 1.29 is 40.3 Å². The van der Waals surface area contributed by atoms with Crippen LogP contribution in [0.1, 0.15) is 29.7 Å². The van der Waals surface area contributed by atoms with Crippen molar-refractivity contribution in [3.8, 4) is 0 Å². The Kier molecular flexibility index (Phi) is 9.70. The van der Waals surface area contributed by atoms with Gasteiger partial charge in [0.05, 0.1) is 23.3 Å². The number of benzene rings is 1. The van der Waals surface area contributed by atoms with Gasteiger partial charge in [0, 0.05) is 38.3 Å². The van der Waals surface area contributed by atoms with Crippen molar-refractivity contribution in [2.75, 3.05) is 25.0 Å². The maximum Gasteiger partial charge on any atom is 0.490 e. The summed E-state index contributed by atoms with van der Waals surface area (Å²) < 4.78 is 86.3. The van der Waals surface area contributed by atoms with E-state index in [0.717, 1.165) is 38.5 Å². The lowest BCUT2D eigenvalue weighted by molar-refractivity contribution is -0.192. The third-order valence-electron chi connectivity index (χ3n) is 7.79. The maximum atomic E-state index is 15.4. The van der Waals surface area contributed by atoms with Gasteiger partial charge in [-0.25, -0.2) is 27.6 Å². The van der Waals surface area contributed by atoms with Crippen molar-refractivity contribution in [1.82, 2.24) is 14.9 Å². The average Bonchev–Trinajstić information content (AvgIpc) is 3.19. The average molecular weight is 627 g/mol. The molecule has 1 saturated heterocycles. The molecular weight excluding hydrogens is 595 g/mol. The Bertz CT molecular complexity index is 1540. The van der Waals surface area contributed by atoms with Gasteiger partial charge in [-0.05, 0) is 49.3 Å². The highest BCUT2D eigenvalue weighted by Crippen LogP contribution is 2.42. The normalized spacial score (nSPS) is 20.3. The Morgan fingerprint density at radius 2 is 1.65 bits per heavy atom. The lowest BCUT2D eigenvalue weighted by Crippen LogP contribution is -2.51. The van der Waals surface area contributed by atoms with E-state index in [-0.39, 0.29) is 17.3 Å². The molecule has 1 saturated carbocycles. The third-order valence-corrected chi connectivity index (χ3v) is 9.34. The number of fused-ring (bicyclic) bond motifs is 2. The second kappa shape index (κ2) is 12.9. The number of halogens is 5. The molecule has 1 N–H and O–H groups in total. The molecule has 1 aliphatic carbocycles. The van der Waals surface area contributed by atoms with Crippen LogP contribution in [0.15, 0.2) is 59.8 Å². The first-order valence-corrected chi connectivity index (χ1v) is 15.1. The molecular formula is C29H31F5N4O4S. The number of hydrogen-bond acceptors (Lipinski definition) is 7. The molecule has 232 valence electrons. The monoisotopic (exact) mass is 626 g/mol. The summed E-state index contributed by atoms with van der Waals surface area (Å²) in [6, 6.07) is 14.6. The van der Waals surface area contributed by atoms with Crippen LogP contribution in [-0.2, 0) is 26.9 Å². The number of piperidine rings is 1. The summed E-state index contributed by atoms with van der Waals surface area (Å²) in [5, 5.41) is 6.50. The van der Waals surface area contributed by atoms with E-state index in [4.69, 9.17) is 9.90 Å². The molecule has 43 heavy (non-hydrogen) atoms. The number of alkyl halides is 3. The molecule has 1 aromatic carbocycles. The first-order chi connectivity index (χ1) is 20.2. The minimum Gasteiger partial charge on any atom is -0.475 e. The second-order valence-corrected chi connectivity index (χ2v) is 12.7. The van der Waals surface area contributed by atoms with E-state index in [0.29, 0.717) is 17.5 Å². The van der Waals surface area contributed by atoms with Crippen LogP contribution in [-0.4, -0.2) is 66.7 Å². The van der Waals surface area contributed by atoms with Crippen molar-refractivity contribution in [1.29, 1.82) is 0 Å². The number of hydrogen-bond donors (Lipinski definition) is 1. The van der Waals surface area contributed by atoms with Gasteiger partial charge in [0.25, 0.3) is 0 Å². The zero-order valence-corrected chi connectivity index (χ0v) is 24.2. The number of nitrogens with zero attached hydrogens (tertiary/aromatic N) is 4. The Labute approximate surface area is 246 Å². The quantitative estimate of drug-likeness (QED) is 0.288. The van der Waals surface area contributed by atoms with E-state index in [1.807, 2.05) is 13.1 Å². The Morgan fingerprint density at radius 1 is 1.05 bits per heavy atom. The molecule has 2 fully saturated rings. The van der Waals surface area contributed by atoms with Crippen molar-refractivity contribution in [3.63, 3.8) is 0 Å². The number of carbonyl (C=O) groups is 1. The van der Waals surface area contributed by atoms with Crippen LogP contribution in [0.25, 0.3) is 0 Å². The molecule has 0 radical (unpaired) electrons. The Hall–Kier alpha value is -3.65. The van der Waals surface area contributed by atoms with Gasteiger partial charge in [0.1, 0.15) is 0 Å². The molecule has 2 aliphatic rings. The van der Waals surface area contributed by atoms with Crippen molar-refractivity contribution >= 4 is 21.5 Å². The minimum absolute atomic E-state index is 0.00823. The van der Waals surface area contributed by atoms with Crippen LogP contribution in [0.2, 0.25) is 0 Å².